The lowest BCUT2D eigenvalue weighted by atomic mass is 10.3. The van der Waals surface area contributed by atoms with Crippen LogP contribution >= 0.6 is 11.3 Å². The normalized spacial score (nSPS) is 14.2. The zero-order valence-electron chi connectivity index (χ0n) is 5.19. The van der Waals surface area contributed by atoms with Gasteiger partial charge < -0.3 is 4.55 Å². The average Bonchev–Trinajstić information content (AvgIpc) is 2.34. The molecule has 0 amide bonds. The fraction of sp³-hybridized carbons (Fsp3) is 0. The summed E-state index contributed by atoms with van der Waals surface area (Å²) in [5, 5.41) is 10.4. The summed E-state index contributed by atoms with van der Waals surface area (Å²) in [6.07, 6.45) is 1.74. The van der Waals surface area contributed by atoms with E-state index in [-0.39, 0.29) is 0 Å². The van der Waals surface area contributed by atoms with Crippen LogP contribution < -0.4 is 5.14 Å². The molecule has 1 aromatic rings. The van der Waals surface area contributed by atoms with Crippen LogP contribution in [0.2, 0.25) is 0 Å². The van der Waals surface area contributed by atoms with Gasteiger partial charge in [-0.1, -0.05) is 0 Å². The Morgan fingerprint density at radius 2 is 2.50 bits per heavy atom. The molecule has 0 spiro atoms. The van der Waals surface area contributed by atoms with Crippen LogP contribution in [0.25, 0.3) is 6.08 Å². The van der Waals surface area contributed by atoms with Crippen LogP contribution in [0.4, 0.5) is 0 Å². The molecule has 0 aliphatic heterocycles. The Kier molecular flexibility index (Phi) is 2.95. The van der Waals surface area contributed by atoms with Crippen molar-refractivity contribution < 1.29 is 4.55 Å². The van der Waals surface area contributed by atoms with Crippen molar-refractivity contribution in [2.75, 3.05) is 0 Å². The smallest absolute Gasteiger partial charge is 0.138 e. The van der Waals surface area contributed by atoms with E-state index in [1.165, 1.54) is 5.41 Å². The molecular weight excluding hydrogens is 166 g/mol. The molecule has 1 rings (SSSR count). The highest BCUT2D eigenvalue weighted by Crippen LogP contribution is 2.07. The quantitative estimate of drug-likeness (QED) is 0.686. The molecule has 1 aromatic heterocycles. The summed E-state index contributed by atoms with van der Waals surface area (Å²) in [5.74, 6) is 0. The molecule has 10 heavy (non-hydrogen) atoms. The first kappa shape index (κ1) is 7.81. The third-order valence-electron chi connectivity index (χ3n) is 0.938. The maximum atomic E-state index is 10.3. The molecule has 0 aliphatic rings. The van der Waals surface area contributed by atoms with Gasteiger partial charge in [-0.05, 0) is 28.5 Å². The molecular formula is C6H7NOS2. The van der Waals surface area contributed by atoms with Crippen molar-refractivity contribution in [3.8, 4) is 0 Å². The fourth-order valence-corrected chi connectivity index (χ4v) is 1.44. The molecule has 0 fully saturated rings. The van der Waals surface area contributed by atoms with Gasteiger partial charge in [-0.15, -0.1) is 5.14 Å². The average molecular weight is 173 g/mol. The van der Waals surface area contributed by atoms with Gasteiger partial charge in [-0.25, -0.2) is 0 Å². The Labute approximate surface area is 66.7 Å². The summed E-state index contributed by atoms with van der Waals surface area (Å²) in [5.41, 5.74) is 1.05. The molecule has 0 bridgehead atoms. The Morgan fingerprint density at radius 1 is 1.70 bits per heavy atom. The SMILES string of the molecule is N[S+]([O-])/C=C/c1ccsc1. The minimum absolute atomic E-state index is 1.05. The molecule has 2 nitrogen and oxygen atoms in total. The predicted molar refractivity (Wildman–Crippen MR) is 45.7 cm³/mol. The first-order valence-electron chi connectivity index (χ1n) is 2.64. The van der Waals surface area contributed by atoms with Gasteiger partial charge >= 0.3 is 0 Å². The Morgan fingerprint density at radius 3 is 3.00 bits per heavy atom. The van der Waals surface area contributed by atoms with Crippen LogP contribution in [-0.2, 0) is 11.4 Å². The third-order valence-corrected chi connectivity index (χ3v) is 2.04. The minimum atomic E-state index is -1.33. The van der Waals surface area contributed by atoms with Gasteiger partial charge in [-0.3, -0.25) is 0 Å². The molecule has 1 atom stereocenters. The van der Waals surface area contributed by atoms with Gasteiger partial charge in [0.05, 0.1) is 11.4 Å². The molecule has 4 heteroatoms. The third kappa shape index (κ3) is 2.53. The summed E-state index contributed by atoms with van der Waals surface area (Å²) < 4.78 is 10.3. The lowest BCUT2D eigenvalue weighted by Crippen LogP contribution is -2.06. The van der Waals surface area contributed by atoms with Crippen molar-refractivity contribution in [3.63, 3.8) is 0 Å². The van der Waals surface area contributed by atoms with E-state index in [9.17, 15) is 4.55 Å². The number of hydrogen-bond donors (Lipinski definition) is 1. The number of thiophene rings is 1. The summed E-state index contributed by atoms with van der Waals surface area (Å²) in [6, 6.07) is 1.94. The van der Waals surface area contributed by atoms with E-state index in [0.717, 1.165) is 5.56 Å². The second-order valence-corrected chi connectivity index (χ2v) is 3.40. The molecule has 0 aliphatic carbocycles. The van der Waals surface area contributed by atoms with Crippen LogP contribution in [0.1, 0.15) is 5.56 Å². The topological polar surface area (TPSA) is 49.1 Å². The molecule has 54 valence electrons. The van der Waals surface area contributed by atoms with Crippen LogP contribution in [0.15, 0.2) is 22.2 Å². The fourth-order valence-electron chi connectivity index (χ4n) is 0.515. The van der Waals surface area contributed by atoms with E-state index < -0.39 is 11.4 Å². The van der Waals surface area contributed by atoms with Crippen molar-refractivity contribution >= 4 is 28.8 Å². The van der Waals surface area contributed by atoms with E-state index in [2.05, 4.69) is 0 Å². The van der Waals surface area contributed by atoms with Crippen LogP contribution in [0.3, 0.4) is 0 Å². The van der Waals surface area contributed by atoms with E-state index in [4.69, 9.17) is 5.14 Å². The maximum Gasteiger partial charge on any atom is 0.138 e. The second-order valence-electron chi connectivity index (χ2n) is 1.69. The van der Waals surface area contributed by atoms with Gasteiger partial charge in [0.15, 0.2) is 0 Å². The van der Waals surface area contributed by atoms with Crippen molar-refractivity contribution in [3.05, 3.63) is 27.8 Å². The minimum Gasteiger partial charge on any atom is -0.594 e. The molecule has 0 saturated carbocycles. The molecule has 1 heterocycles. The van der Waals surface area contributed by atoms with Crippen molar-refractivity contribution in [2.45, 2.75) is 0 Å². The Bertz CT molecular complexity index is 206. The molecule has 0 saturated heterocycles. The molecule has 0 aromatic carbocycles. The number of hydrogen-bond acceptors (Lipinski definition) is 3. The van der Waals surface area contributed by atoms with Crippen molar-refractivity contribution in [2.24, 2.45) is 5.14 Å². The van der Waals surface area contributed by atoms with Gasteiger partial charge in [0.1, 0.15) is 5.41 Å². The monoisotopic (exact) mass is 173 g/mol. The van der Waals surface area contributed by atoms with Crippen LogP contribution in [0.5, 0.6) is 0 Å². The summed E-state index contributed by atoms with van der Waals surface area (Å²) >= 11 is 0.274. The highest BCUT2D eigenvalue weighted by molar-refractivity contribution is 7.92. The summed E-state index contributed by atoms with van der Waals surface area (Å²) in [7, 11) is 0. The predicted octanol–water partition coefficient (Wildman–Crippen LogP) is 1.34. The number of rotatable bonds is 2. The highest BCUT2D eigenvalue weighted by atomic mass is 32.2. The zero-order chi connectivity index (χ0) is 7.40. The largest absolute Gasteiger partial charge is 0.594 e. The second kappa shape index (κ2) is 3.78. The van der Waals surface area contributed by atoms with Crippen molar-refractivity contribution in [1.29, 1.82) is 0 Å². The summed E-state index contributed by atoms with van der Waals surface area (Å²) in [6.45, 7) is 0. The molecule has 2 N–H and O–H groups in total. The van der Waals surface area contributed by atoms with E-state index in [1.54, 1.807) is 17.4 Å². The lowest BCUT2D eigenvalue weighted by Gasteiger charge is -1.91. The standard InChI is InChI=1S/C6H7NOS2/c7-10(8)4-2-6-1-3-9-5-6/h1-5H,7H2/b4-2+. The van der Waals surface area contributed by atoms with Crippen molar-refractivity contribution in [1.82, 2.24) is 0 Å². The van der Waals surface area contributed by atoms with Crippen LogP contribution in [-0.4, -0.2) is 4.55 Å². The lowest BCUT2D eigenvalue weighted by molar-refractivity contribution is 0.605. The van der Waals surface area contributed by atoms with Crippen LogP contribution in [0, 0.1) is 0 Å². The first-order chi connectivity index (χ1) is 4.79. The maximum absolute atomic E-state index is 10.3. The van der Waals surface area contributed by atoms with Gasteiger partial charge in [0.2, 0.25) is 0 Å². The van der Waals surface area contributed by atoms with E-state index in [1.807, 2.05) is 16.8 Å². The van der Waals surface area contributed by atoms with E-state index >= 15 is 0 Å². The summed E-state index contributed by atoms with van der Waals surface area (Å²) in [4.78, 5) is 0. The number of nitrogens with two attached hydrogens (primary N) is 1. The molecule has 0 radical (unpaired) electrons. The van der Waals surface area contributed by atoms with Gasteiger partial charge in [0.25, 0.3) is 0 Å². The Hall–Kier alpha value is -0.290. The zero-order valence-corrected chi connectivity index (χ0v) is 6.82. The van der Waals surface area contributed by atoms with E-state index in [0.29, 0.717) is 0 Å². The first-order valence-corrected chi connectivity index (χ1v) is 4.86. The Balaban J connectivity index is 2.55. The van der Waals surface area contributed by atoms with Gasteiger partial charge in [0, 0.05) is 0 Å². The highest BCUT2D eigenvalue weighted by Gasteiger charge is 1.89. The molecule has 1 unspecified atom stereocenters. The van der Waals surface area contributed by atoms with Gasteiger partial charge in [-0.2, -0.15) is 11.3 Å².